The minimum absolute atomic E-state index is 0.0324. The second-order valence-electron chi connectivity index (χ2n) is 6.56. The zero-order valence-electron chi connectivity index (χ0n) is 16.4. The van der Waals surface area contributed by atoms with Gasteiger partial charge in [-0.05, 0) is 38.5 Å². The van der Waals surface area contributed by atoms with Crippen molar-refractivity contribution >= 4 is 23.8 Å². The number of carbonyl (C=O) groups is 2. The molecule has 1 saturated heterocycles. The van der Waals surface area contributed by atoms with Crippen LogP contribution < -0.4 is 0 Å². The van der Waals surface area contributed by atoms with Crippen molar-refractivity contribution in [1.29, 1.82) is 0 Å². The molecule has 0 radical (unpaired) electrons. The lowest BCUT2D eigenvalue weighted by molar-refractivity contribution is -0.129. The highest BCUT2D eigenvalue weighted by atomic mass is 32.2. The zero-order chi connectivity index (χ0) is 20.1. The number of piperazine rings is 1. The molecule has 28 heavy (non-hydrogen) atoms. The molecule has 0 aliphatic carbocycles. The molecule has 0 N–H and O–H groups in total. The first-order chi connectivity index (χ1) is 13.5. The Kier molecular flexibility index (Phi) is 6.56. The highest BCUT2D eigenvalue weighted by molar-refractivity contribution is 7.99. The van der Waals surface area contributed by atoms with Crippen molar-refractivity contribution in [2.24, 2.45) is 0 Å². The molecule has 1 aliphatic heterocycles. The van der Waals surface area contributed by atoms with Gasteiger partial charge in [-0.15, -0.1) is 10.2 Å². The van der Waals surface area contributed by atoms with Crippen LogP contribution in [0.4, 0.5) is 4.79 Å². The fraction of sp³-hybridized carbons (Fsp3) is 0.474. The number of hydrogen-bond donors (Lipinski definition) is 0. The monoisotopic (exact) mass is 403 g/mol. The maximum absolute atomic E-state index is 12.6. The maximum atomic E-state index is 12.6. The average Bonchev–Trinajstić information content (AvgIpc) is 3.07. The van der Waals surface area contributed by atoms with Gasteiger partial charge in [-0.1, -0.05) is 23.9 Å². The fourth-order valence-corrected chi connectivity index (χ4v) is 3.97. The summed E-state index contributed by atoms with van der Waals surface area (Å²) < 4.78 is 6.97. The molecule has 0 unspecified atom stereocenters. The number of rotatable bonds is 5. The van der Waals surface area contributed by atoms with E-state index in [2.05, 4.69) is 16.3 Å². The van der Waals surface area contributed by atoms with Crippen molar-refractivity contribution in [3.8, 4) is 5.69 Å². The van der Waals surface area contributed by atoms with E-state index in [1.807, 2.05) is 36.6 Å². The van der Waals surface area contributed by atoms with E-state index in [1.54, 1.807) is 16.7 Å². The number of nitrogens with zero attached hydrogens (tertiary/aromatic N) is 5. The minimum Gasteiger partial charge on any atom is -0.450 e. The standard InChI is InChI=1S/C19H25N5O3S/c1-4-27-19(26)23-10-8-22(9-11-23)17(25)13-28-18-21-20-15(3)24(18)16-7-5-6-14(2)12-16/h5-7,12H,4,8-11,13H2,1-3H3. The van der Waals surface area contributed by atoms with Crippen LogP contribution in [-0.4, -0.2) is 75.1 Å². The van der Waals surface area contributed by atoms with Gasteiger partial charge in [-0.2, -0.15) is 0 Å². The highest BCUT2D eigenvalue weighted by Gasteiger charge is 2.25. The molecule has 2 aromatic rings. The quantitative estimate of drug-likeness (QED) is 0.713. The van der Waals surface area contributed by atoms with Gasteiger partial charge >= 0.3 is 6.09 Å². The summed E-state index contributed by atoms with van der Waals surface area (Å²) in [5, 5.41) is 9.10. The third-order valence-corrected chi connectivity index (χ3v) is 5.45. The Morgan fingerprint density at radius 1 is 1.11 bits per heavy atom. The van der Waals surface area contributed by atoms with Gasteiger partial charge in [0.2, 0.25) is 5.91 Å². The molecule has 0 atom stereocenters. The maximum Gasteiger partial charge on any atom is 0.409 e. The lowest BCUT2D eigenvalue weighted by Gasteiger charge is -2.34. The van der Waals surface area contributed by atoms with Crippen molar-refractivity contribution in [3.63, 3.8) is 0 Å². The summed E-state index contributed by atoms with van der Waals surface area (Å²) in [5.74, 6) is 1.09. The smallest absolute Gasteiger partial charge is 0.409 e. The Morgan fingerprint density at radius 2 is 1.82 bits per heavy atom. The summed E-state index contributed by atoms with van der Waals surface area (Å²) in [7, 11) is 0. The fourth-order valence-electron chi connectivity index (χ4n) is 3.07. The summed E-state index contributed by atoms with van der Waals surface area (Å²) in [6, 6.07) is 8.10. The molecule has 1 aromatic carbocycles. The molecule has 8 nitrogen and oxygen atoms in total. The predicted molar refractivity (Wildman–Crippen MR) is 107 cm³/mol. The zero-order valence-corrected chi connectivity index (χ0v) is 17.2. The Balaban J connectivity index is 1.58. The van der Waals surface area contributed by atoms with Crippen molar-refractivity contribution in [3.05, 3.63) is 35.7 Å². The minimum atomic E-state index is -0.314. The molecule has 0 spiro atoms. The number of hydrogen-bond acceptors (Lipinski definition) is 6. The van der Waals surface area contributed by atoms with Crippen LogP contribution in [0.1, 0.15) is 18.3 Å². The molecule has 0 saturated carbocycles. The van der Waals surface area contributed by atoms with Crippen LogP contribution in [0.3, 0.4) is 0 Å². The van der Waals surface area contributed by atoms with E-state index in [0.29, 0.717) is 37.9 Å². The molecule has 150 valence electrons. The van der Waals surface area contributed by atoms with Crippen LogP contribution in [0.15, 0.2) is 29.4 Å². The number of amides is 2. The van der Waals surface area contributed by atoms with Crippen molar-refractivity contribution < 1.29 is 14.3 Å². The van der Waals surface area contributed by atoms with E-state index in [4.69, 9.17) is 4.74 Å². The Bertz CT molecular complexity index is 846. The molecule has 3 rings (SSSR count). The lowest BCUT2D eigenvalue weighted by atomic mass is 10.2. The van der Waals surface area contributed by atoms with E-state index in [9.17, 15) is 9.59 Å². The summed E-state index contributed by atoms with van der Waals surface area (Å²) in [4.78, 5) is 27.8. The van der Waals surface area contributed by atoms with E-state index in [0.717, 1.165) is 17.1 Å². The number of carbonyl (C=O) groups excluding carboxylic acids is 2. The molecule has 1 aromatic heterocycles. The molecule has 9 heteroatoms. The van der Waals surface area contributed by atoms with E-state index in [-0.39, 0.29) is 17.8 Å². The van der Waals surface area contributed by atoms with Gasteiger partial charge in [0.25, 0.3) is 0 Å². The van der Waals surface area contributed by atoms with Crippen LogP contribution >= 0.6 is 11.8 Å². The number of aromatic nitrogens is 3. The lowest BCUT2D eigenvalue weighted by Crippen LogP contribution is -2.51. The van der Waals surface area contributed by atoms with Crippen molar-refractivity contribution in [2.75, 3.05) is 38.5 Å². The van der Waals surface area contributed by atoms with Gasteiger partial charge in [0.05, 0.1) is 12.4 Å². The molecule has 1 aliphatic rings. The summed E-state index contributed by atoms with van der Waals surface area (Å²) in [6.45, 7) is 8.10. The molecular weight excluding hydrogens is 378 g/mol. The Hall–Kier alpha value is -2.55. The van der Waals surface area contributed by atoms with Crippen LogP contribution in [0.25, 0.3) is 5.69 Å². The highest BCUT2D eigenvalue weighted by Crippen LogP contribution is 2.23. The van der Waals surface area contributed by atoms with E-state index >= 15 is 0 Å². The normalized spacial score (nSPS) is 14.2. The topological polar surface area (TPSA) is 80.6 Å². The van der Waals surface area contributed by atoms with E-state index < -0.39 is 0 Å². The number of aryl methyl sites for hydroxylation is 2. The largest absolute Gasteiger partial charge is 0.450 e. The third kappa shape index (κ3) is 4.64. The second kappa shape index (κ2) is 9.09. The first kappa shape index (κ1) is 20.2. The number of benzene rings is 1. The van der Waals surface area contributed by atoms with Crippen LogP contribution in [0, 0.1) is 13.8 Å². The molecular formula is C19H25N5O3S. The summed E-state index contributed by atoms with van der Waals surface area (Å²) in [6.07, 6.45) is -0.314. The first-order valence-corrected chi connectivity index (χ1v) is 10.3. The third-order valence-electron chi connectivity index (χ3n) is 4.54. The second-order valence-corrected chi connectivity index (χ2v) is 7.50. The SMILES string of the molecule is CCOC(=O)N1CCN(C(=O)CSc2nnc(C)n2-c2cccc(C)c2)CC1. The van der Waals surface area contributed by atoms with Crippen LogP contribution in [0.2, 0.25) is 0 Å². The van der Waals surface area contributed by atoms with Gasteiger partial charge in [-0.3, -0.25) is 9.36 Å². The molecule has 1 fully saturated rings. The number of thioether (sulfide) groups is 1. The average molecular weight is 404 g/mol. The van der Waals surface area contributed by atoms with Gasteiger partial charge in [0.15, 0.2) is 5.16 Å². The van der Waals surface area contributed by atoms with Gasteiger partial charge in [0, 0.05) is 31.9 Å². The predicted octanol–water partition coefficient (Wildman–Crippen LogP) is 2.28. The van der Waals surface area contributed by atoms with Gasteiger partial charge < -0.3 is 14.5 Å². The number of ether oxygens (including phenoxy) is 1. The van der Waals surface area contributed by atoms with Crippen molar-refractivity contribution in [2.45, 2.75) is 25.9 Å². The first-order valence-electron chi connectivity index (χ1n) is 9.31. The van der Waals surface area contributed by atoms with Crippen molar-refractivity contribution in [1.82, 2.24) is 24.6 Å². The molecule has 2 heterocycles. The summed E-state index contributed by atoms with van der Waals surface area (Å²) >= 11 is 1.38. The Labute approximate surface area is 168 Å². The van der Waals surface area contributed by atoms with Gasteiger partial charge in [0.1, 0.15) is 5.82 Å². The van der Waals surface area contributed by atoms with Crippen LogP contribution in [0.5, 0.6) is 0 Å². The summed E-state index contributed by atoms with van der Waals surface area (Å²) in [5.41, 5.74) is 2.14. The molecule has 2 amide bonds. The van der Waals surface area contributed by atoms with E-state index in [1.165, 1.54) is 11.8 Å². The van der Waals surface area contributed by atoms with Crippen LogP contribution in [-0.2, 0) is 9.53 Å². The Morgan fingerprint density at radius 3 is 2.50 bits per heavy atom. The van der Waals surface area contributed by atoms with Gasteiger partial charge in [-0.25, -0.2) is 4.79 Å². The molecule has 0 bridgehead atoms.